The number of nitrogens with one attached hydrogen (secondary N) is 2. The Morgan fingerprint density at radius 3 is 2.72 bits per heavy atom. The number of fused-ring (bicyclic) bond motifs is 1. The highest BCUT2D eigenvalue weighted by Crippen LogP contribution is 2.33. The van der Waals surface area contributed by atoms with Crippen LogP contribution >= 0.6 is 0 Å². The molecule has 2 atom stereocenters. The number of rotatable bonds is 6. The molecule has 0 saturated carbocycles. The summed E-state index contributed by atoms with van der Waals surface area (Å²) in [4.78, 5) is 14.7. The molecule has 1 fully saturated rings. The van der Waals surface area contributed by atoms with Gasteiger partial charge in [-0.2, -0.15) is 5.10 Å². The molecule has 0 aliphatic carbocycles. The normalized spacial score (nSPS) is 20.8. The van der Waals surface area contributed by atoms with Crippen LogP contribution < -0.4 is 25.0 Å². The van der Waals surface area contributed by atoms with Crippen LogP contribution in [0.4, 0.5) is 11.5 Å². The van der Waals surface area contributed by atoms with Crippen molar-refractivity contribution in [2.75, 3.05) is 49.6 Å². The van der Waals surface area contributed by atoms with E-state index in [2.05, 4.69) is 25.7 Å². The lowest BCUT2D eigenvalue weighted by molar-refractivity contribution is -0.133. The zero-order chi connectivity index (χ0) is 20.1. The van der Waals surface area contributed by atoms with Crippen molar-refractivity contribution in [3.8, 4) is 11.5 Å². The second kappa shape index (κ2) is 8.95. The molecule has 2 aromatic rings. The Hall–Kier alpha value is -3.07. The predicted octanol–water partition coefficient (Wildman–Crippen LogP) is 1.07. The fourth-order valence-electron chi connectivity index (χ4n) is 3.32. The van der Waals surface area contributed by atoms with Gasteiger partial charge < -0.3 is 29.7 Å². The second-order valence-electron chi connectivity index (χ2n) is 6.92. The van der Waals surface area contributed by atoms with Gasteiger partial charge in [-0.25, -0.2) is 0 Å². The maximum absolute atomic E-state index is 12.5. The predicted molar refractivity (Wildman–Crippen MR) is 108 cm³/mol. The van der Waals surface area contributed by atoms with Gasteiger partial charge in [-0.1, -0.05) is 12.1 Å². The molecule has 2 N–H and O–H groups in total. The number of anilines is 2. The van der Waals surface area contributed by atoms with Crippen LogP contribution in [0.2, 0.25) is 0 Å². The molecule has 0 radical (unpaired) electrons. The second-order valence-corrected chi connectivity index (χ2v) is 6.92. The molecular weight excluding hydrogens is 374 g/mol. The van der Waals surface area contributed by atoms with E-state index in [0.29, 0.717) is 43.6 Å². The number of ether oxygens (including phenoxy) is 3. The number of carbonyl (C=O) groups is 1. The highest BCUT2D eigenvalue weighted by atomic mass is 16.6. The fourth-order valence-corrected chi connectivity index (χ4v) is 3.32. The first kappa shape index (κ1) is 19.3. The number of para-hydroxylation sites is 2. The standard InChI is InChI=1S/C20H25N5O4/c1-14-19(29-17-5-3-2-4-16(17)28-14)20(26)22-7-6-21-18-12-15(13-23-24-18)25-8-10-27-11-9-25/h2-5,12-14,19H,6-11H2,1H3,(H,21,24)(H,22,26). The summed E-state index contributed by atoms with van der Waals surface area (Å²) in [7, 11) is 0. The summed E-state index contributed by atoms with van der Waals surface area (Å²) in [5.74, 6) is 1.70. The van der Waals surface area contributed by atoms with Crippen LogP contribution in [0.1, 0.15) is 6.92 Å². The quantitative estimate of drug-likeness (QED) is 0.696. The van der Waals surface area contributed by atoms with Crippen molar-refractivity contribution in [3.05, 3.63) is 36.5 Å². The van der Waals surface area contributed by atoms with Gasteiger partial charge in [-0.3, -0.25) is 4.79 Å². The number of aromatic nitrogens is 2. The number of morpholine rings is 1. The van der Waals surface area contributed by atoms with Crippen LogP contribution in [0, 0.1) is 0 Å². The summed E-state index contributed by atoms with van der Waals surface area (Å²) < 4.78 is 17.0. The molecule has 2 aliphatic rings. The summed E-state index contributed by atoms with van der Waals surface area (Å²) in [5, 5.41) is 14.2. The van der Waals surface area contributed by atoms with Gasteiger partial charge in [-0.15, -0.1) is 5.10 Å². The first-order valence-electron chi connectivity index (χ1n) is 9.80. The lowest BCUT2D eigenvalue weighted by atomic mass is 10.1. The fraction of sp³-hybridized carbons (Fsp3) is 0.450. The minimum Gasteiger partial charge on any atom is -0.482 e. The minimum absolute atomic E-state index is 0.207. The number of amides is 1. The number of benzene rings is 1. The molecule has 1 aromatic carbocycles. The van der Waals surface area contributed by atoms with Crippen molar-refractivity contribution in [2.24, 2.45) is 0 Å². The Morgan fingerprint density at radius 2 is 1.93 bits per heavy atom. The van der Waals surface area contributed by atoms with Gasteiger partial charge >= 0.3 is 0 Å². The third kappa shape index (κ3) is 4.68. The molecule has 29 heavy (non-hydrogen) atoms. The lowest BCUT2D eigenvalue weighted by Gasteiger charge is -2.31. The van der Waals surface area contributed by atoms with Crippen molar-refractivity contribution in [3.63, 3.8) is 0 Å². The minimum atomic E-state index is -0.686. The zero-order valence-electron chi connectivity index (χ0n) is 16.3. The Bertz CT molecular complexity index is 843. The van der Waals surface area contributed by atoms with E-state index in [1.165, 1.54) is 0 Å². The SMILES string of the molecule is CC1Oc2ccccc2OC1C(=O)NCCNc1cc(N2CCOCC2)cnn1. The van der Waals surface area contributed by atoms with E-state index in [1.807, 2.05) is 31.2 Å². The maximum atomic E-state index is 12.5. The summed E-state index contributed by atoms with van der Waals surface area (Å²) >= 11 is 0. The number of nitrogens with zero attached hydrogens (tertiary/aromatic N) is 3. The first-order valence-corrected chi connectivity index (χ1v) is 9.80. The molecule has 2 aliphatic heterocycles. The van der Waals surface area contributed by atoms with E-state index >= 15 is 0 Å². The first-order chi connectivity index (χ1) is 14.2. The summed E-state index contributed by atoms with van der Waals surface area (Å²) in [5.41, 5.74) is 1.01. The average Bonchev–Trinajstić information content (AvgIpc) is 2.77. The molecule has 2 unspecified atom stereocenters. The van der Waals surface area contributed by atoms with Crippen LogP contribution in [-0.2, 0) is 9.53 Å². The lowest BCUT2D eigenvalue weighted by Crippen LogP contribution is -2.49. The summed E-state index contributed by atoms with van der Waals surface area (Å²) in [6.07, 6.45) is 0.695. The third-order valence-corrected chi connectivity index (χ3v) is 4.85. The molecule has 1 saturated heterocycles. The van der Waals surface area contributed by atoms with E-state index in [9.17, 15) is 4.79 Å². The van der Waals surface area contributed by atoms with E-state index < -0.39 is 6.10 Å². The molecule has 4 rings (SSSR count). The molecule has 1 aromatic heterocycles. The van der Waals surface area contributed by atoms with Gasteiger partial charge in [0.2, 0.25) is 6.10 Å². The summed E-state index contributed by atoms with van der Waals surface area (Å²) in [6.45, 7) is 5.88. The van der Waals surface area contributed by atoms with E-state index in [4.69, 9.17) is 14.2 Å². The Balaban J connectivity index is 1.25. The van der Waals surface area contributed by atoms with Gasteiger partial charge in [-0.05, 0) is 19.1 Å². The van der Waals surface area contributed by atoms with Crippen LogP contribution in [0.5, 0.6) is 11.5 Å². The average molecular weight is 399 g/mol. The van der Waals surface area contributed by atoms with E-state index in [-0.39, 0.29) is 12.0 Å². The van der Waals surface area contributed by atoms with Gasteiger partial charge in [0.05, 0.1) is 25.1 Å². The van der Waals surface area contributed by atoms with Crippen molar-refractivity contribution >= 4 is 17.4 Å². The highest BCUT2D eigenvalue weighted by Gasteiger charge is 2.33. The van der Waals surface area contributed by atoms with Crippen LogP contribution in [-0.4, -0.2) is 67.7 Å². The van der Waals surface area contributed by atoms with Crippen molar-refractivity contribution < 1.29 is 19.0 Å². The van der Waals surface area contributed by atoms with Crippen molar-refractivity contribution in [2.45, 2.75) is 19.1 Å². The van der Waals surface area contributed by atoms with Crippen LogP contribution in [0.25, 0.3) is 0 Å². The highest BCUT2D eigenvalue weighted by molar-refractivity contribution is 5.82. The van der Waals surface area contributed by atoms with Crippen LogP contribution in [0.15, 0.2) is 36.5 Å². The Labute approximate surface area is 169 Å². The molecule has 1 amide bonds. The van der Waals surface area contributed by atoms with Crippen LogP contribution in [0.3, 0.4) is 0 Å². The molecule has 0 bridgehead atoms. The zero-order valence-corrected chi connectivity index (χ0v) is 16.3. The van der Waals surface area contributed by atoms with Gasteiger partial charge in [0.25, 0.3) is 5.91 Å². The monoisotopic (exact) mass is 399 g/mol. The van der Waals surface area contributed by atoms with Gasteiger partial charge in [0, 0.05) is 32.2 Å². The number of carbonyl (C=O) groups excluding carboxylic acids is 1. The van der Waals surface area contributed by atoms with E-state index in [1.54, 1.807) is 12.3 Å². The molecule has 9 nitrogen and oxygen atoms in total. The third-order valence-electron chi connectivity index (χ3n) is 4.85. The van der Waals surface area contributed by atoms with Crippen molar-refractivity contribution in [1.82, 2.24) is 15.5 Å². The number of hydrogen-bond donors (Lipinski definition) is 2. The summed E-state index contributed by atoms with van der Waals surface area (Å²) in [6, 6.07) is 9.30. The molecule has 9 heteroatoms. The smallest absolute Gasteiger partial charge is 0.265 e. The Kier molecular flexibility index (Phi) is 5.95. The van der Waals surface area contributed by atoms with Crippen molar-refractivity contribution in [1.29, 1.82) is 0 Å². The van der Waals surface area contributed by atoms with E-state index in [0.717, 1.165) is 18.8 Å². The molecule has 0 spiro atoms. The molecule has 3 heterocycles. The number of hydrogen-bond acceptors (Lipinski definition) is 8. The maximum Gasteiger partial charge on any atom is 0.265 e. The van der Waals surface area contributed by atoms with Gasteiger partial charge in [0.15, 0.2) is 17.3 Å². The topological polar surface area (TPSA) is 97.8 Å². The Morgan fingerprint density at radius 1 is 1.17 bits per heavy atom. The molecular formula is C20H25N5O4. The largest absolute Gasteiger partial charge is 0.482 e. The van der Waals surface area contributed by atoms with Gasteiger partial charge in [0.1, 0.15) is 6.10 Å². The molecule has 154 valence electrons.